The van der Waals surface area contributed by atoms with Crippen LogP contribution in [0.3, 0.4) is 0 Å². The molecule has 13 heavy (non-hydrogen) atoms. The summed E-state index contributed by atoms with van der Waals surface area (Å²) in [6.45, 7) is 5.10. The quantitative estimate of drug-likeness (QED) is 0.724. The molecular formula is C9H16NO2Y-. The predicted octanol–water partition coefficient (Wildman–Crippen LogP) is 1.72. The zero-order chi connectivity index (χ0) is 8.97. The zero-order valence-electron chi connectivity index (χ0n) is 8.32. The van der Waals surface area contributed by atoms with Gasteiger partial charge in [-0.05, 0) is 0 Å². The summed E-state index contributed by atoms with van der Waals surface area (Å²) in [5.74, 6) is -0.136. The Hall–Kier alpha value is 0.534. The van der Waals surface area contributed by atoms with Gasteiger partial charge < -0.3 is 10.1 Å². The molecule has 0 aliphatic carbocycles. The second kappa shape index (κ2) is 6.91. The van der Waals surface area contributed by atoms with Crippen LogP contribution in [0.2, 0.25) is 0 Å². The van der Waals surface area contributed by atoms with E-state index >= 15 is 0 Å². The van der Waals surface area contributed by atoms with E-state index < -0.39 is 0 Å². The SMILES string of the molecule is CC(C)C(=O)OC[C@H]1CCC[N-]1.[Y]. The monoisotopic (exact) mass is 259 g/mol. The zero-order valence-corrected chi connectivity index (χ0v) is 11.2. The number of nitrogens with zero attached hydrogens (tertiary/aromatic N) is 1. The minimum Gasteiger partial charge on any atom is -0.657 e. The van der Waals surface area contributed by atoms with E-state index in [0.29, 0.717) is 6.61 Å². The van der Waals surface area contributed by atoms with Crippen molar-refractivity contribution in [3.8, 4) is 0 Å². The van der Waals surface area contributed by atoms with Crippen molar-refractivity contribution < 1.29 is 42.2 Å². The molecule has 1 aliphatic heterocycles. The van der Waals surface area contributed by atoms with Crippen molar-refractivity contribution in [3.63, 3.8) is 0 Å². The van der Waals surface area contributed by atoms with Crippen molar-refractivity contribution in [2.24, 2.45) is 5.92 Å². The van der Waals surface area contributed by atoms with Gasteiger partial charge in [0.25, 0.3) is 0 Å². The van der Waals surface area contributed by atoms with E-state index in [0.717, 1.165) is 19.4 Å². The summed E-state index contributed by atoms with van der Waals surface area (Å²) in [5, 5.41) is 4.29. The van der Waals surface area contributed by atoms with Crippen LogP contribution in [0.25, 0.3) is 5.32 Å². The summed E-state index contributed by atoms with van der Waals surface area (Å²) in [7, 11) is 0. The van der Waals surface area contributed by atoms with Crippen LogP contribution in [-0.2, 0) is 42.2 Å². The maximum atomic E-state index is 11.0. The van der Waals surface area contributed by atoms with Gasteiger partial charge in [0.05, 0.1) is 12.5 Å². The summed E-state index contributed by atoms with van der Waals surface area (Å²) in [4.78, 5) is 11.0. The fraction of sp³-hybridized carbons (Fsp3) is 0.889. The van der Waals surface area contributed by atoms with Crippen LogP contribution >= 0.6 is 0 Å². The third-order valence-corrected chi connectivity index (χ3v) is 1.97. The third kappa shape index (κ3) is 5.09. The second-order valence-electron chi connectivity index (χ2n) is 3.49. The molecule has 1 heterocycles. The molecule has 1 radical (unpaired) electrons. The molecule has 0 saturated carbocycles. The van der Waals surface area contributed by atoms with E-state index in [2.05, 4.69) is 5.32 Å². The molecule has 4 heteroatoms. The van der Waals surface area contributed by atoms with Gasteiger partial charge in [-0.1, -0.05) is 26.7 Å². The molecule has 1 atom stereocenters. The molecule has 73 valence electrons. The van der Waals surface area contributed by atoms with E-state index in [1.54, 1.807) is 0 Å². The van der Waals surface area contributed by atoms with Gasteiger partial charge in [0, 0.05) is 32.7 Å². The Morgan fingerprint density at radius 2 is 2.31 bits per heavy atom. The Bertz CT molecular complexity index is 156. The van der Waals surface area contributed by atoms with Gasteiger partial charge in [-0.15, -0.1) is 12.6 Å². The average Bonchev–Trinajstić information content (AvgIpc) is 2.51. The van der Waals surface area contributed by atoms with Crippen LogP contribution < -0.4 is 0 Å². The first-order chi connectivity index (χ1) is 5.70. The Labute approximate surface area is 105 Å². The molecule has 1 fully saturated rings. The smallest absolute Gasteiger partial charge is 0.308 e. The molecule has 0 N–H and O–H groups in total. The molecular weight excluding hydrogens is 243 g/mol. The van der Waals surface area contributed by atoms with Crippen LogP contribution in [0.5, 0.6) is 0 Å². The van der Waals surface area contributed by atoms with E-state index in [1.165, 1.54) is 0 Å². The topological polar surface area (TPSA) is 40.4 Å². The molecule has 3 nitrogen and oxygen atoms in total. The Kier molecular flexibility index (Phi) is 7.19. The summed E-state index contributed by atoms with van der Waals surface area (Å²) < 4.78 is 5.05. The minimum atomic E-state index is -0.114. The van der Waals surface area contributed by atoms with Crippen LogP contribution in [0.4, 0.5) is 0 Å². The van der Waals surface area contributed by atoms with Crippen LogP contribution in [0.1, 0.15) is 26.7 Å². The van der Waals surface area contributed by atoms with Crippen molar-refractivity contribution in [2.45, 2.75) is 32.7 Å². The fourth-order valence-corrected chi connectivity index (χ4v) is 1.17. The maximum absolute atomic E-state index is 11.0. The first-order valence-electron chi connectivity index (χ1n) is 4.53. The first-order valence-corrected chi connectivity index (χ1v) is 4.53. The van der Waals surface area contributed by atoms with Crippen molar-refractivity contribution in [1.29, 1.82) is 0 Å². The fourth-order valence-electron chi connectivity index (χ4n) is 1.17. The van der Waals surface area contributed by atoms with Gasteiger partial charge in [-0.2, -0.15) is 0 Å². The third-order valence-electron chi connectivity index (χ3n) is 1.97. The van der Waals surface area contributed by atoms with E-state index in [9.17, 15) is 4.79 Å². The van der Waals surface area contributed by atoms with Gasteiger partial charge in [0.1, 0.15) is 0 Å². The number of ether oxygens (including phenoxy) is 1. The van der Waals surface area contributed by atoms with Crippen LogP contribution in [0.15, 0.2) is 0 Å². The van der Waals surface area contributed by atoms with Crippen molar-refractivity contribution >= 4 is 5.97 Å². The molecule has 0 bridgehead atoms. The number of hydrogen-bond acceptors (Lipinski definition) is 2. The number of esters is 1. The summed E-state index contributed by atoms with van der Waals surface area (Å²) >= 11 is 0. The maximum Gasteiger partial charge on any atom is 0.308 e. The first kappa shape index (κ1) is 13.5. The largest absolute Gasteiger partial charge is 0.657 e. The van der Waals surface area contributed by atoms with Gasteiger partial charge in [-0.3, -0.25) is 4.79 Å². The molecule has 0 spiro atoms. The van der Waals surface area contributed by atoms with Crippen molar-refractivity contribution in [3.05, 3.63) is 5.32 Å². The molecule has 1 aliphatic rings. The Morgan fingerprint density at radius 1 is 1.62 bits per heavy atom. The summed E-state index contributed by atoms with van der Waals surface area (Å²) in [6, 6.07) is 0.271. The number of carbonyl (C=O) groups excluding carboxylic acids is 1. The second-order valence-corrected chi connectivity index (χ2v) is 3.49. The van der Waals surface area contributed by atoms with Gasteiger partial charge in [-0.25, -0.2) is 0 Å². The Morgan fingerprint density at radius 3 is 2.77 bits per heavy atom. The number of hydrogen-bond donors (Lipinski definition) is 0. The molecule has 0 unspecified atom stereocenters. The summed E-state index contributed by atoms with van der Waals surface area (Å²) in [5.41, 5.74) is 0. The molecule has 1 saturated heterocycles. The van der Waals surface area contributed by atoms with Crippen molar-refractivity contribution in [2.75, 3.05) is 13.2 Å². The Balaban J connectivity index is 0.00000144. The normalized spacial score (nSPS) is 21.3. The minimum absolute atomic E-state index is 0. The molecule has 0 aromatic heterocycles. The molecule has 1 rings (SSSR count). The van der Waals surface area contributed by atoms with Crippen LogP contribution in [-0.4, -0.2) is 25.2 Å². The number of rotatable bonds is 3. The predicted molar refractivity (Wildman–Crippen MR) is 47.0 cm³/mol. The molecule has 0 aromatic carbocycles. The van der Waals surface area contributed by atoms with Gasteiger partial charge in [0.2, 0.25) is 0 Å². The van der Waals surface area contributed by atoms with Gasteiger partial charge >= 0.3 is 5.97 Å². The number of carbonyl (C=O) groups is 1. The van der Waals surface area contributed by atoms with E-state index in [-0.39, 0.29) is 50.6 Å². The standard InChI is InChI=1S/C9H16NO2.Y/c1-7(2)9(11)12-6-8-4-3-5-10-8;/h7-8H,3-6H2,1-2H3;/q-1;/t8-;/m1./s1. The van der Waals surface area contributed by atoms with E-state index in [4.69, 9.17) is 4.74 Å². The van der Waals surface area contributed by atoms with Crippen LogP contribution in [0, 0.1) is 5.92 Å². The molecule has 0 amide bonds. The van der Waals surface area contributed by atoms with Gasteiger partial charge in [0.15, 0.2) is 0 Å². The summed E-state index contributed by atoms with van der Waals surface area (Å²) in [6.07, 6.45) is 2.22. The van der Waals surface area contributed by atoms with E-state index in [1.807, 2.05) is 13.8 Å². The average molecular weight is 259 g/mol. The van der Waals surface area contributed by atoms with Crippen molar-refractivity contribution in [1.82, 2.24) is 0 Å². The molecule has 0 aromatic rings.